The van der Waals surface area contributed by atoms with Crippen molar-refractivity contribution in [2.24, 2.45) is 0 Å². The number of carbonyl (C=O) groups excluding carboxylic acids is 3. The zero-order valence-electron chi connectivity index (χ0n) is 24.7. The minimum atomic E-state index is -0.936. The first kappa shape index (κ1) is 30.4. The number of aromatic hydroxyl groups is 1. The number of amides is 3. The van der Waals surface area contributed by atoms with Crippen LogP contribution in [0.5, 0.6) is 5.75 Å². The maximum atomic E-state index is 14.0. The normalized spacial score (nSPS) is 16.2. The topological polar surface area (TPSA) is 120 Å². The van der Waals surface area contributed by atoms with E-state index in [1.165, 1.54) is 23.8 Å². The summed E-state index contributed by atoms with van der Waals surface area (Å²) in [5.74, 6) is -1.09. The summed E-state index contributed by atoms with van der Waals surface area (Å²) < 4.78 is 5.63. The molecule has 6 rings (SSSR count). The second-order valence-corrected chi connectivity index (χ2v) is 12.1. The van der Waals surface area contributed by atoms with Gasteiger partial charge < -0.3 is 24.6 Å². The molecule has 3 aromatic carbocycles. The van der Waals surface area contributed by atoms with Gasteiger partial charge in [0.1, 0.15) is 6.04 Å². The average molecular weight is 628 g/mol. The van der Waals surface area contributed by atoms with Crippen LogP contribution in [0.25, 0.3) is 11.0 Å². The van der Waals surface area contributed by atoms with Crippen LogP contribution in [0.15, 0.2) is 82.0 Å². The molecule has 2 fully saturated rings. The SMILES string of the molecule is O=C(N[C@@H](Cc1ccc(Cl)cc1)C(=O)N1CCC(c2ccccc2CN2CCCC2=O)CC1)c1cc(=O)c2cccc(O)c2o1. The van der Waals surface area contributed by atoms with Crippen molar-refractivity contribution in [2.75, 3.05) is 19.6 Å². The number of halogens is 1. The van der Waals surface area contributed by atoms with Crippen molar-refractivity contribution in [3.8, 4) is 5.75 Å². The zero-order chi connectivity index (χ0) is 31.5. The number of para-hydroxylation sites is 1. The Morgan fingerprint density at radius 3 is 2.47 bits per heavy atom. The lowest BCUT2D eigenvalue weighted by atomic mass is 9.86. The van der Waals surface area contributed by atoms with Crippen molar-refractivity contribution in [3.63, 3.8) is 0 Å². The van der Waals surface area contributed by atoms with Gasteiger partial charge in [-0.2, -0.15) is 0 Å². The van der Waals surface area contributed by atoms with E-state index in [0.29, 0.717) is 31.1 Å². The van der Waals surface area contributed by atoms with E-state index < -0.39 is 17.4 Å². The summed E-state index contributed by atoms with van der Waals surface area (Å²) in [7, 11) is 0. The number of piperidine rings is 1. The summed E-state index contributed by atoms with van der Waals surface area (Å²) in [4.78, 5) is 56.0. The summed E-state index contributed by atoms with van der Waals surface area (Å²) in [6, 6.07) is 19.8. The molecule has 2 aliphatic rings. The number of hydrogen-bond acceptors (Lipinski definition) is 6. The number of nitrogens with zero attached hydrogens (tertiary/aromatic N) is 2. The Bertz CT molecular complexity index is 1800. The Kier molecular flexibility index (Phi) is 8.89. The number of likely N-dealkylation sites (tertiary alicyclic amines) is 2. The first-order chi connectivity index (χ1) is 21.8. The number of nitrogens with one attached hydrogen (secondary N) is 1. The second-order valence-electron chi connectivity index (χ2n) is 11.7. The molecule has 9 nitrogen and oxygen atoms in total. The van der Waals surface area contributed by atoms with E-state index in [2.05, 4.69) is 17.4 Å². The molecule has 0 unspecified atom stereocenters. The van der Waals surface area contributed by atoms with Crippen molar-refractivity contribution in [1.82, 2.24) is 15.1 Å². The molecule has 45 heavy (non-hydrogen) atoms. The predicted molar refractivity (Wildman–Crippen MR) is 170 cm³/mol. The monoisotopic (exact) mass is 627 g/mol. The molecule has 0 radical (unpaired) electrons. The van der Waals surface area contributed by atoms with Gasteiger partial charge in [0.05, 0.1) is 5.39 Å². The first-order valence-electron chi connectivity index (χ1n) is 15.2. The number of phenols is 1. The molecule has 4 aromatic rings. The highest BCUT2D eigenvalue weighted by Gasteiger charge is 2.32. The summed E-state index contributed by atoms with van der Waals surface area (Å²) in [5, 5.41) is 13.7. The third-order valence-corrected chi connectivity index (χ3v) is 9.00. The van der Waals surface area contributed by atoms with Gasteiger partial charge >= 0.3 is 0 Å². The van der Waals surface area contributed by atoms with Crippen LogP contribution in [0.3, 0.4) is 0 Å². The molecule has 2 N–H and O–H groups in total. The predicted octanol–water partition coefficient (Wildman–Crippen LogP) is 5.02. The Morgan fingerprint density at radius 2 is 1.73 bits per heavy atom. The van der Waals surface area contributed by atoms with Gasteiger partial charge in [0.15, 0.2) is 22.5 Å². The molecule has 2 aliphatic heterocycles. The highest BCUT2D eigenvalue weighted by Crippen LogP contribution is 2.32. The molecule has 232 valence electrons. The zero-order valence-corrected chi connectivity index (χ0v) is 25.5. The minimum absolute atomic E-state index is 0.0906. The Morgan fingerprint density at radius 1 is 0.978 bits per heavy atom. The van der Waals surface area contributed by atoms with Gasteiger partial charge in [0.25, 0.3) is 5.91 Å². The number of carbonyl (C=O) groups is 3. The van der Waals surface area contributed by atoms with Crippen LogP contribution in [0.2, 0.25) is 5.02 Å². The Hall–Kier alpha value is -4.63. The van der Waals surface area contributed by atoms with Crippen LogP contribution in [-0.4, -0.2) is 58.3 Å². The molecule has 0 spiro atoms. The lowest BCUT2D eigenvalue weighted by molar-refractivity contribution is -0.134. The molecule has 1 atom stereocenters. The summed E-state index contributed by atoms with van der Waals surface area (Å²) >= 11 is 6.08. The van der Waals surface area contributed by atoms with E-state index in [1.54, 1.807) is 29.2 Å². The number of hydrogen-bond donors (Lipinski definition) is 2. The van der Waals surface area contributed by atoms with Crippen LogP contribution < -0.4 is 10.7 Å². The lowest BCUT2D eigenvalue weighted by Gasteiger charge is -2.35. The molecule has 3 heterocycles. The fourth-order valence-electron chi connectivity index (χ4n) is 6.34. The largest absolute Gasteiger partial charge is 0.504 e. The maximum absolute atomic E-state index is 14.0. The van der Waals surface area contributed by atoms with Gasteiger partial charge in [-0.25, -0.2) is 0 Å². The van der Waals surface area contributed by atoms with E-state index in [4.69, 9.17) is 16.0 Å². The fourth-order valence-corrected chi connectivity index (χ4v) is 6.47. The highest BCUT2D eigenvalue weighted by molar-refractivity contribution is 6.30. The van der Waals surface area contributed by atoms with Crippen molar-refractivity contribution < 1.29 is 23.9 Å². The lowest BCUT2D eigenvalue weighted by Crippen LogP contribution is -2.51. The van der Waals surface area contributed by atoms with Crippen LogP contribution in [0.4, 0.5) is 0 Å². The van der Waals surface area contributed by atoms with E-state index in [0.717, 1.165) is 43.0 Å². The van der Waals surface area contributed by atoms with Crippen molar-refractivity contribution in [2.45, 2.75) is 50.6 Å². The van der Waals surface area contributed by atoms with Crippen LogP contribution in [0.1, 0.15) is 58.8 Å². The quantitative estimate of drug-likeness (QED) is 0.283. The Balaban J connectivity index is 1.19. The molecular weight excluding hydrogens is 594 g/mol. The second kappa shape index (κ2) is 13.2. The maximum Gasteiger partial charge on any atom is 0.287 e. The number of benzene rings is 3. The van der Waals surface area contributed by atoms with Gasteiger partial charge in [-0.15, -0.1) is 0 Å². The summed E-state index contributed by atoms with van der Waals surface area (Å²) in [5.41, 5.74) is 2.59. The van der Waals surface area contributed by atoms with Crippen molar-refractivity contribution in [3.05, 3.63) is 110 Å². The molecule has 10 heteroatoms. The third-order valence-electron chi connectivity index (χ3n) is 8.75. The van der Waals surface area contributed by atoms with Gasteiger partial charge in [-0.05, 0) is 66.1 Å². The average Bonchev–Trinajstić information content (AvgIpc) is 3.46. The smallest absolute Gasteiger partial charge is 0.287 e. The van der Waals surface area contributed by atoms with E-state index >= 15 is 0 Å². The van der Waals surface area contributed by atoms with Gasteiger partial charge in [0, 0.05) is 50.1 Å². The van der Waals surface area contributed by atoms with Crippen LogP contribution in [-0.2, 0) is 22.6 Å². The van der Waals surface area contributed by atoms with Crippen molar-refractivity contribution >= 4 is 40.3 Å². The summed E-state index contributed by atoms with van der Waals surface area (Å²) in [6.07, 6.45) is 3.20. The molecule has 3 amide bonds. The minimum Gasteiger partial charge on any atom is -0.504 e. The standard InChI is InChI=1S/C35H34ClN3O6/c36-25-12-10-22(11-13-25)19-28(37-34(43)31-20-30(41)27-7-3-8-29(40)33(27)45-31)35(44)38-17-14-23(15-18-38)26-6-2-1-5-24(26)21-39-16-4-9-32(39)42/h1-3,5-8,10-13,20,23,28,40H,4,9,14-19,21H2,(H,37,43)/t28-/m0/s1. The fraction of sp³-hybridized carbons (Fsp3) is 0.314. The molecule has 0 bridgehead atoms. The van der Waals surface area contributed by atoms with E-state index in [-0.39, 0.29) is 46.6 Å². The Labute approximate surface area is 265 Å². The van der Waals surface area contributed by atoms with Gasteiger partial charge in [0.2, 0.25) is 11.8 Å². The third kappa shape index (κ3) is 6.73. The molecule has 1 aromatic heterocycles. The highest BCUT2D eigenvalue weighted by atomic mass is 35.5. The van der Waals surface area contributed by atoms with Gasteiger partial charge in [-0.3, -0.25) is 19.2 Å². The molecule has 2 saturated heterocycles. The van der Waals surface area contributed by atoms with Crippen LogP contribution in [0, 0.1) is 0 Å². The molecular formula is C35H34ClN3O6. The van der Waals surface area contributed by atoms with Crippen LogP contribution >= 0.6 is 11.6 Å². The molecule has 0 aliphatic carbocycles. The number of fused-ring (bicyclic) bond motifs is 1. The molecule has 0 saturated carbocycles. The first-order valence-corrected chi connectivity index (χ1v) is 15.6. The number of rotatable bonds is 8. The van der Waals surface area contributed by atoms with E-state index in [9.17, 15) is 24.3 Å². The van der Waals surface area contributed by atoms with Gasteiger partial charge in [-0.1, -0.05) is 54.1 Å². The summed E-state index contributed by atoms with van der Waals surface area (Å²) in [6.45, 7) is 2.40. The van der Waals surface area contributed by atoms with E-state index in [1.807, 2.05) is 17.0 Å². The number of phenolic OH excluding ortho intramolecular Hbond substituents is 1. The van der Waals surface area contributed by atoms with Crippen molar-refractivity contribution in [1.29, 1.82) is 0 Å².